The highest BCUT2D eigenvalue weighted by Gasteiger charge is 2.13. The Labute approximate surface area is 127 Å². The zero-order valence-corrected chi connectivity index (χ0v) is 13.6. The maximum absolute atomic E-state index is 11.3. The molecule has 2 nitrogen and oxygen atoms in total. The van der Waals surface area contributed by atoms with Crippen molar-refractivity contribution < 1.29 is 9.53 Å². The molecule has 4 heteroatoms. The Morgan fingerprint density at radius 2 is 2.21 bits per heavy atom. The third-order valence-corrected chi connectivity index (χ3v) is 5.57. The van der Waals surface area contributed by atoms with Crippen LogP contribution < -0.4 is 4.74 Å². The predicted octanol–water partition coefficient (Wildman–Crippen LogP) is 4.03. The molecule has 0 amide bonds. The number of rotatable bonds is 3. The first-order chi connectivity index (χ1) is 9.15. The van der Waals surface area contributed by atoms with Gasteiger partial charge < -0.3 is 4.74 Å². The summed E-state index contributed by atoms with van der Waals surface area (Å²) in [5.41, 5.74) is 2.50. The van der Waals surface area contributed by atoms with E-state index in [1.54, 1.807) is 13.2 Å². The molecule has 0 aromatic heterocycles. The van der Waals surface area contributed by atoms with Gasteiger partial charge in [-0.15, -0.1) is 20.7 Å². The van der Waals surface area contributed by atoms with Gasteiger partial charge >= 0.3 is 0 Å². The molecular formula is C15H14ClIO2. The van der Waals surface area contributed by atoms with E-state index in [9.17, 15) is 4.79 Å². The second kappa shape index (κ2) is 6.48. The van der Waals surface area contributed by atoms with Crippen molar-refractivity contribution in [3.8, 4) is 5.75 Å². The van der Waals surface area contributed by atoms with Crippen molar-refractivity contribution in [3.05, 3.63) is 46.5 Å². The van der Waals surface area contributed by atoms with Crippen LogP contribution in [0.2, 0.25) is 5.02 Å². The quantitative estimate of drug-likeness (QED) is 0.444. The van der Waals surface area contributed by atoms with Crippen molar-refractivity contribution in [2.24, 2.45) is 0 Å². The van der Waals surface area contributed by atoms with Gasteiger partial charge in [0.05, 0.1) is 7.11 Å². The van der Waals surface area contributed by atoms with Gasteiger partial charge in [0, 0.05) is 25.7 Å². The van der Waals surface area contributed by atoms with Crippen LogP contribution in [-0.2, 0) is 4.79 Å². The zero-order chi connectivity index (χ0) is 13.8. The van der Waals surface area contributed by atoms with Crippen LogP contribution in [-0.4, -0.2) is 21.3 Å². The second-order valence-electron chi connectivity index (χ2n) is 4.10. The lowest BCUT2D eigenvalue weighted by Crippen LogP contribution is -1.96. The second-order valence-corrected chi connectivity index (χ2v) is 7.85. The third kappa shape index (κ3) is 3.34. The Balaban J connectivity index is 2.64. The normalized spacial score (nSPS) is 18.8. The van der Waals surface area contributed by atoms with E-state index in [4.69, 9.17) is 16.3 Å². The summed E-state index contributed by atoms with van der Waals surface area (Å²) >= 11 is 5.93. The fourth-order valence-corrected chi connectivity index (χ4v) is 4.04. The van der Waals surface area contributed by atoms with Crippen LogP contribution in [0, 0.1) is 0 Å². The van der Waals surface area contributed by atoms with Gasteiger partial charge in [0.1, 0.15) is 5.75 Å². The summed E-state index contributed by atoms with van der Waals surface area (Å²) in [5.74, 6) is 0.738. The lowest BCUT2D eigenvalue weighted by atomic mass is 10.0. The highest BCUT2D eigenvalue weighted by Crippen LogP contribution is 2.33. The Kier molecular flexibility index (Phi) is 4.93. The Bertz CT molecular complexity index is 588. The van der Waals surface area contributed by atoms with Gasteiger partial charge in [-0.3, -0.25) is 4.79 Å². The van der Waals surface area contributed by atoms with Crippen molar-refractivity contribution in [1.82, 2.24) is 0 Å². The molecule has 1 unspecified atom stereocenters. The number of ether oxygens (including phenoxy) is 1. The van der Waals surface area contributed by atoms with Crippen molar-refractivity contribution in [2.75, 3.05) is 7.11 Å². The number of carbonyl (C=O) groups excluding carboxylic acids is 1. The van der Waals surface area contributed by atoms with Gasteiger partial charge in [0.25, 0.3) is 0 Å². The van der Waals surface area contributed by atoms with E-state index in [1.807, 2.05) is 18.2 Å². The molecule has 1 aromatic rings. The number of benzene rings is 1. The summed E-state index contributed by atoms with van der Waals surface area (Å²) in [4.78, 5) is 11.3. The van der Waals surface area contributed by atoms with E-state index in [-0.39, 0.29) is 20.7 Å². The average molecular weight is 389 g/mol. The van der Waals surface area contributed by atoms with Gasteiger partial charge in [-0.2, -0.15) is 0 Å². The Morgan fingerprint density at radius 3 is 2.89 bits per heavy atom. The maximum atomic E-state index is 11.3. The number of aldehydes is 1. The van der Waals surface area contributed by atoms with Crippen LogP contribution in [0.25, 0.3) is 5.57 Å². The van der Waals surface area contributed by atoms with E-state index >= 15 is 0 Å². The van der Waals surface area contributed by atoms with Gasteiger partial charge in [-0.25, -0.2) is 0 Å². The van der Waals surface area contributed by atoms with Crippen molar-refractivity contribution in [2.45, 2.75) is 10.8 Å². The van der Waals surface area contributed by atoms with E-state index < -0.39 is 0 Å². The highest BCUT2D eigenvalue weighted by atomic mass is 127. The maximum Gasteiger partial charge on any atom is 0.150 e. The van der Waals surface area contributed by atoms with Gasteiger partial charge in [-0.1, -0.05) is 30.7 Å². The number of alkyl halides is 1. The number of allylic oxidation sites excluding steroid dienone is 4. The molecule has 100 valence electrons. The lowest BCUT2D eigenvalue weighted by Gasteiger charge is -2.10. The molecule has 1 aromatic carbocycles. The van der Waals surface area contributed by atoms with Crippen LogP contribution in [0.1, 0.15) is 12.5 Å². The molecule has 0 saturated heterocycles. The smallest absolute Gasteiger partial charge is 0.150 e. The summed E-state index contributed by atoms with van der Waals surface area (Å²) in [6.07, 6.45) is 4.89. The van der Waals surface area contributed by atoms with Crippen LogP contribution >= 0.6 is 32.3 Å². The van der Waals surface area contributed by atoms with Gasteiger partial charge in [0.2, 0.25) is 0 Å². The molecule has 0 radical (unpaired) electrons. The molecule has 0 saturated carbocycles. The minimum atomic E-state index is -0.130. The average Bonchev–Trinajstić information content (AvgIpc) is 2.60. The fraction of sp³-hybridized carbons (Fsp3) is 0.200. The number of hydrogen-bond acceptors (Lipinski definition) is 2. The molecule has 19 heavy (non-hydrogen) atoms. The minimum absolute atomic E-state index is 0.130. The fourth-order valence-electron chi connectivity index (χ4n) is 1.80. The number of hydrogen-bond donors (Lipinski definition) is 0. The standard InChI is InChI=1S/C15H14ClIO2/c1-10-3-4-11(9-18)14(8-17-10)13-7-12(16)5-6-15(13)19-2/h3-10H,1-2H3. The van der Waals surface area contributed by atoms with Gasteiger partial charge in [-0.05, 0) is 22.2 Å². The largest absolute Gasteiger partial charge is 0.496 e. The molecule has 0 spiro atoms. The van der Waals surface area contributed by atoms with Gasteiger partial charge in [0.15, 0.2) is 6.29 Å². The van der Waals surface area contributed by atoms with Crippen molar-refractivity contribution in [1.29, 1.82) is 0 Å². The first kappa shape index (κ1) is 14.5. The summed E-state index contributed by atoms with van der Waals surface area (Å²) in [5, 5.41) is 0.640. The molecule has 2 rings (SSSR count). The Morgan fingerprint density at radius 1 is 1.42 bits per heavy atom. The molecule has 1 heterocycles. The number of methoxy groups -OCH3 is 1. The van der Waals surface area contributed by atoms with E-state index in [0.29, 0.717) is 14.5 Å². The van der Waals surface area contributed by atoms with Crippen LogP contribution in [0.3, 0.4) is 0 Å². The third-order valence-electron chi connectivity index (χ3n) is 2.80. The van der Waals surface area contributed by atoms with Crippen LogP contribution in [0.4, 0.5) is 0 Å². The molecule has 0 N–H and O–H groups in total. The molecule has 0 fully saturated rings. The molecule has 0 bridgehead atoms. The van der Waals surface area contributed by atoms with Crippen molar-refractivity contribution in [3.63, 3.8) is 0 Å². The SMILES string of the molecule is COc1ccc(Cl)cc1C1=C(C=O)C=CC(C)I=C1. The monoisotopic (exact) mass is 388 g/mol. The topological polar surface area (TPSA) is 26.3 Å². The minimum Gasteiger partial charge on any atom is -0.496 e. The number of carbonyl (C=O) groups is 1. The summed E-state index contributed by atoms with van der Waals surface area (Å²) in [7, 11) is 1.62. The van der Waals surface area contributed by atoms with Crippen molar-refractivity contribution >= 4 is 48.2 Å². The van der Waals surface area contributed by atoms with E-state index in [0.717, 1.165) is 23.2 Å². The predicted molar refractivity (Wildman–Crippen MR) is 89.7 cm³/mol. The van der Waals surface area contributed by atoms with E-state index in [2.05, 4.69) is 17.0 Å². The van der Waals surface area contributed by atoms with Crippen LogP contribution in [0.5, 0.6) is 5.75 Å². The first-order valence-electron chi connectivity index (χ1n) is 5.82. The summed E-state index contributed by atoms with van der Waals surface area (Å²) < 4.78 is 8.08. The summed E-state index contributed by atoms with van der Waals surface area (Å²) in [6.45, 7) is 2.17. The lowest BCUT2D eigenvalue weighted by molar-refractivity contribution is -0.104. The zero-order valence-electron chi connectivity index (χ0n) is 10.7. The van der Waals surface area contributed by atoms with Crippen LogP contribution in [0.15, 0.2) is 35.9 Å². The van der Waals surface area contributed by atoms with E-state index in [1.165, 1.54) is 0 Å². The molecular weight excluding hydrogens is 375 g/mol. The molecule has 1 aliphatic rings. The number of halogens is 2. The Hall–Kier alpha value is -0.940. The molecule has 1 aliphatic heterocycles. The summed E-state index contributed by atoms with van der Waals surface area (Å²) in [6, 6.07) is 5.47. The molecule has 1 atom stereocenters. The molecule has 0 aliphatic carbocycles. The first-order valence-corrected chi connectivity index (χ1v) is 8.69. The highest BCUT2D eigenvalue weighted by molar-refractivity contribution is 14.2.